The summed E-state index contributed by atoms with van der Waals surface area (Å²) < 4.78 is 0. The van der Waals surface area contributed by atoms with Crippen molar-refractivity contribution in [1.29, 1.82) is 0 Å². The fourth-order valence-electron chi connectivity index (χ4n) is 3.04. The Labute approximate surface area is 130 Å². The van der Waals surface area contributed by atoms with Crippen molar-refractivity contribution in [3.63, 3.8) is 0 Å². The molecule has 3 heterocycles. The van der Waals surface area contributed by atoms with Gasteiger partial charge in [-0.05, 0) is 50.0 Å². The summed E-state index contributed by atoms with van der Waals surface area (Å²) in [5.41, 5.74) is 7.75. The molecule has 1 aliphatic heterocycles. The standard InChI is InChI=1S/C17H22N4O/c18-17-14(4-3-9-20-17)12-21-10-6-13(7-11-21)16(22)15-5-1-2-8-19-15/h1-5,8-9,13,16,22H,6-7,10-12H2,(H2,18,20)/t16-/m1/s1. The lowest BCUT2D eigenvalue weighted by Gasteiger charge is -2.34. The van der Waals surface area contributed by atoms with Crippen LogP contribution in [0.25, 0.3) is 0 Å². The Hall–Kier alpha value is -1.98. The van der Waals surface area contributed by atoms with Gasteiger partial charge in [-0.25, -0.2) is 4.98 Å². The van der Waals surface area contributed by atoms with Gasteiger partial charge in [-0.15, -0.1) is 0 Å². The molecule has 2 aromatic rings. The smallest absolute Gasteiger partial charge is 0.127 e. The van der Waals surface area contributed by atoms with Crippen LogP contribution in [-0.4, -0.2) is 33.1 Å². The summed E-state index contributed by atoms with van der Waals surface area (Å²) in [5.74, 6) is 0.885. The van der Waals surface area contributed by atoms with Gasteiger partial charge >= 0.3 is 0 Å². The fourth-order valence-corrected chi connectivity index (χ4v) is 3.04. The van der Waals surface area contributed by atoms with Crippen LogP contribution < -0.4 is 5.73 Å². The lowest BCUT2D eigenvalue weighted by atomic mass is 9.89. The van der Waals surface area contributed by atoms with Crippen molar-refractivity contribution >= 4 is 5.82 Å². The van der Waals surface area contributed by atoms with Crippen LogP contribution in [0.3, 0.4) is 0 Å². The van der Waals surface area contributed by atoms with Gasteiger partial charge in [-0.2, -0.15) is 0 Å². The van der Waals surface area contributed by atoms with Gasteiger partial charge in [0.05, 0.1) is 11.8 Å². The van der Waals surface area contributed by atoms with E-state index in [1.807, 2.05) is 30.3 Å². The summed E-state index contributed by atoms with van der Waals surface area (Å²) >= 11 is 0. The summed E-state index contributed by atoms with van der Waals surface area (Å²) in [6.45, 7) is 2.75. The zero-order valence-corrected chi connectivity index (χ0v) is 12.6. The van der Waals surface area contributed by atoms with E-state index >= 15 is 0 Å². The highest BCUT2D eigenvalue weighted by Crippen LogP contribution is 2.30. The van der Waals surface area contributed by atoms with Crippen LogP contribution in [0.15, 0.2) is 42.7 Å². The number of hydrogen-bond acceptors (Lipinski definition) is 5. The van der Waals surface area contributed by atoms with Gasteiger partial charge in [0.1, 0.15) is 5.82 Å². The lowest BCUT2D eigenvalue weighted by molar-refractivity contribution is 0.0540. The number of anilines is 1. The molecule has 1 saturated heterocycles. The quantitative estimate of drug-likeness (QED) is 0.903. The molecule has 0 unspecified atom stereocenters. The minimum Gasteiger partial charge on any atom is -0.387 e. The molecule has 5 heteroatoms. The number of aromatic nitrogens is 2. The monoisotopic (exact) mass is 298 g/mol. The highest BCUT2D eigenvalue weighted by Gasteiger charge is 2.27. The number of rotatable bonds is 4. The first-order valence-corrected chi connectivity index (χ1v) is 7.75. The average Bonchev–Trinajstić information content (AvgIpc) is 2.58. The highest BCUT2D eigenvalue weighted by atomic mass is 16.3. The third kappa shape index (κ3) is 3.43. The van der Waals surface area contributed by atoms with E-state index in [0.29, 0.717) is 5.82 Å². The van der Waals surface area contributed by atoms with Crippen molar-refractivity contribution in [3.8, 4) is 0 Å². The van der Waals surface area contributed by atoms with Gasteiger partial charge < -0.3 is 10.8 Å². The Bertz CT molecular complexity index is 597. The molecule has 0 radical (unpaired) electrons. The number of aliphatic hydroxyl groups is 1. The van der Waals surface area contributed by atoms with Crippen LogP contribution in [0.4, 0.5) is 5.82 Å². The van der Waals surface area contributed by atoms with Crippen LogP contribution in [0, 0.1) is 5.92 Å². The third-order valence-electron chi connectivity index (χ3n) is 4.39. The molecular weight excluding hydrogens is 276 g/mol. The number of hydrogen-bond donors (Lipinski definition) is 2. The summed E-state index contributed by atoms with van der Waals surface area (Å²) in [6, 6.07) is 9.64. The van der Waals surface area contributed by atoms with E-state index < -0.39 is 6.10 Å². The first kappa shape index (κ1) is 14.9. The topological polar surface area (TPSA) is 75.3 Å². The molecule has 22 heavy (non-hydrogen) atoms. The number of nitrogens with zero attached hydrogens (tertiary/aromatic N) is 3. The molecule has 0 saturated carbocycles. The van der Waals surface area contributed by atoms with Crippen LogP contribution >= 0.6 is 0 Å². The second-order valence-electron chi connectivity index (χ2n) is 5.86. The Morgan fingerprint density at radius 2 is 1.91 bits per heavy atom. The van der Waals surface area contributed by atoms with Crippen molar-refractivity contribution in [3.05, 3.63) is 54.0 Å². The molecule has 116 valence electrons. The lowest BCUT2D eigenvalue weighted by Crippen LogP contribution is -2.35. The Kier molecular flexibility index (Phi) is 4.65. The number of likely N-dealkylation sites (tertiary alicyclic amines) is 1. The number of piperidine rings is 1. The van der Waals surface area contributed by atoms with Gasteiger partial charge in [0, 0.05) is 24.5 Å². The first-order valence-electron chi connectivity index (χ1n) is 7.75. The van der Waals surface area contributed by atoms with Crippen LogP contribution in [0.2, 0.25) is 0 Å². The number of pyridine rings is 2. The second-order valence-corrected chi connectivity index (χ2v) is 5.86. The average molecular weight is 298 g/mol. The maximum Gasteiger partial charge on any atom is 0.127 e. The van der Waals surface area contributed by atoms with E-state index in [0.717, 1.165) is 43.7 Å². The molecular formula is C17H22N4O. The summed E-state index contributed by atoms with van der Waals surface area (Å²) in [6.07, 6.45) is 4.93. The van der Waals surface area contributed by atoms with E-state index in [1.54, 1.807) is 12.4 Å². The first-order chi connectivity index (χ1) is 10.7. The second kappa shape index (κ2) is 6.85. The minimum atomic E-state index is -0.466. The van der Waals surface area contributed by atoms with E-state index in [2.05, 4.69) is 14.9 Å². The van der Waals surface area contributed by atoms with E-state index in [1.165, 1.54) is 0 Å². The van der Waals surface area contributed by atoms with Crippen LogP contribution in [-0.2, 0) is 6.54 Å². The van der Waals surface area contributed by atoms with Gasteiger partial charge in [0.15, 0.2) is 0 Å². The fraction of sp³-hybridized carbons (Fsp3) is 0.412. The third-order valence-corrected chi connectivity index (χ3v) is 4.39. The zero-order chi connectivity index (χ0) is 15.4. The maximum atomic E-state index is 10.5. The summed E-state index contributed by atoms with van der Waals surface area (Å²) in [7, 11) is 0. The van der Waals surface area contributed by atoms with E-state index in [9.17, 15) is 5.11 Å². The van der Waals surface area contributed by atoms with Gasteiger partial charge in [0.2, 0.25) is 0 Å². The molecule has 0 spiro atoms. The van der Waals surface area contributed by atoms with Gasteiger partial charge in [-0.1, -0.05) is 12.1 Å². The summed E-state index contributed by atoms with van der Waals surface area (Å²) in [4.78, 5) is 10.8. The SMILES string of the molecule is Nc1ncccc1CN1CCC([C@@H](O)c2ccccn2)CC1. The summed E-state index contributed by atoms with van der Waals surface area (Å²) in [5, 5.41) is 10.5. The number of nitrogens with two attached hydrogens (primary N) is 1. The highest BCUT2D eigenvalue weighted by molar-refractivity contribution is 5.38. The molecule has 0 aliphatic carbocycles. The van der Waals surface area contributed by atoms with Crippen molar-refractivity contribution in [1.82, 2.24) is 14.9 Å². The molecule has 5 nitrogen and oxygen atoms in total. The van der Waals surface area contributed by atoms with E-state index in [4.69, 9.17) is 5.73 Å². The normalized spacial score (nSPS) is 18.2. The van der Waals surface area contributed by atoms with Crippen molar-refractivity contribution in [2.75, 3.05) is 18.8 Å². The Morgan fingerprint density at radius 1 is 1.14 bits per heavy atom. The van der Waals surface area contributed by atoms with Gasteiger partial charge in [0.25, 0.3) is 0 Å². The molecule has 3 N–H and O–H groups in total. The van der Waals surface area contributed by atoms with Gasteiger partial charge in [-0.3, -0.25) is 9.88 Å². The Balaban J connectivity index is 1.55. The van der Waals surface area contributed by atoms with Crippen molar-refractivity contribution in [2.24, 2.45) is 5.92 Å². The van der Waals surface area contributed by atoms with E-state index in [-0.39, 0.29) is 5.92 Å². The molecule has 2 aromatic heterocycles. The van der Waals surface area contributed by atoms with Crippen molar-refractivity contribution < 1.29 is 5.11 Å². The molecule has 1 atom stereocenters. The predicted octanol–water partition coefficient (Wildman–Crippen LogP) is 2.00. The predicted molar refractivity (Wildman–Crippen MR) is 85.8 cm³/mol. The van der Waals surface area contributed by atoms with Crippen molar-refractivity contribution in [2.45, 2.75) is 25.5 Å². The molecule has 3 rings (SSSR count). The zero-order valence-electron chi connectivity index (χ0n) is 12.6. The number of aliphatic hydroxyl groups excluding tert-OH is 1. The molecule has 0 amide bonds. The molecule has 1 fully saturated rings. The molecule has 0 bridgehead atoms. The number of nitrogen functional groups attached to an aromatic ring is 1. The molecule has 1 aliphatic rings. The Morgan fingerprint density at radius 3 is 2.59 bits per heavy atom. The maximum absolute atomic E-state index is 10.5. The van der Waals surface area contributed by atoms with Crippen LogP contribution in [0.5, 0.6) is 0 Å². The molecule has 0 aromatic carbocycles. The van der Waals surface area contributed by atoms with Crippen LogP contribution in [0.1, 0.15) is 30.2 Å². The minimum absolute atomic E-state index is 0.275. The largest absolute Gasteiger partial charge is 0.387 e.